The minimum absolute atomic E-state index is 0.00752. The summed E-state index contributed by atoms with van der Waals surface area (Å²) < 4.78 is 18.7. The van der Waals surface area contributed by atoms with Crippen LogP contribution in [0.15, 0.2) is 36.4 Å². The lowest BCUT2D eigenvalue weighted by Crippen LogP contribution is -2.01. The first-order valence-corrected chi connectivity index (χ1v) is 6.34. The van der Waals surface area contributed by atoms with Crippen LogP contribution in [-0.4, -0.2) is 10.0 Å². The maximum absolute atomic E-state index is 13.3. The third-order valence-electron chi connectivity index (χ3n) is 2.82. The smallest absolute Gasteiger partial charge is 0.310 e. The molecule has 0 saturated heterocycles. The summed E-state index contributed by atoms with van der Waals surface area (Å²) in [5.41, 5.74) is 0.612. The maximum Gasteiger partial charge on any atom is 0.310 e. The van der Waals surface area contributed by atoms with E-state index in [1.165, 1.54) is 30.3 Å². The number of nitro groups is 1. The van der Waals surface area contributed by atoms with E-state index in [4.69, 9.17) is 21.4 Å². The molecule has 110 valence electrons. The molecular formula is C14H11ClFNO4. The van der Waals surface area contributed by atoms with Crippen molar-refractivity contribution in [2.75, 3.05) is 0 Å². The summed E-state index contributed by atoms with van der Waals surface area (Å²) >= 11 is 5.79. The quantitative estimate of drug-likeness (QED) is 0.678. The Labute approximate surface area is 124 Å². The third-order valence-corrected chi connectivity index (χ3v) is 3.24. The Hall–Kier alpha value is -2.18. The summed E-state index contributed by atoms with van der Waals surface area (Å²) in [5, 5.41) is 19.9. The maximum atomic E-state index is 13.3. The van der Waals surface area contributed by atoms with Gasteiger partial charge in [-0.3, -0.25) is 10.1 Å². The molecule has 0 amide bonds. The van der Waals surface area contributed by atoms with Crippen molar-refractivity contribution in [2.45, 2.75) is 13.2 Å². The zero-order chi connectivity index (χ0) is 15.4. The Balaban J connectivity index is 2.26. The number of nitrogens with zero attached hydrogens (tertiary/aromatic N) is 1. The molecule has 0 spiro atoms. The summed E-state index contributed by atoms with van der Waals surface area (Å²) in [5.74, 6) is -0.594. The molecule has 0 aromatic heterocycles. The average molecular weight is 312 g/mol. The number of hydrogen-bond donors (Lipinski definition) is 1. The minimum Gasteiger partial charge on any atom is -0.482 e. The van der Waals surface area contributed by atoms with Crippen LogP contribution in [-0.2, 0) is 13.2 Å². The normalized spacial score (nSPS) is 10.4. The van der Waals surface area contributed by atoms with Crippen molar-refractivity contribution in [2.24, 2.45) is 0 Å². The number of benzene rings is 2. The Morgan fingerprint density at radius 1 is 1.33 bits per heavy atom. The lowest BCUT2D eigenvalue weighted by molar-refractivity contribution is -0.386. The molecule has 7 heteroatoms. The van der Waals surface area contributed by atoms with Crippen molar-refractivity contribution in [1.82, 2.24) is 0 Å². The lowest BCUT2D eigenvalue weighted by Gasteiger charge is -2.09. The predicted molar refractivity (Wildman–Crippen MR) is 74.8 cm³/mol. The minimum atomic E-state index is -0.594. The van der Waals surface area contributed by atoms with E-state index in [9.17, 15) is 14.5 Å². The van der Waals surface area contributed by atoms with Crippen LogP contribution in [0.4, 0.5) is 10.1 Å². The zero-order valence-electron chi connectivity index (χ0n) is 10.8. The van der Waals surface area contributed by atoms with Crippen molar-refractivity contribution in [3.05, 3.63) is 68.5 Å². The van der Waals surface area contributed by atoms with E-state index in [0.717, 1.165) is 0 Å². The molecule has 0 radical (unpaired) electrons. The van der Waals surface area contributed by atoms with Crippen LogP contribution in [0, 0.1) is 15.9 Å². The van der Waals surface area contributed by atoms with Crippen LogP contribution in [0.2, 0.25) is 5.02 Å². The van der Waals surface area contributed by atoms with Crippen molar-refractivity contribution >= 4 is 17.3 Å². The average Bonchev–Trinajstić information content (AvgIpc) is 2.48. The third kappa shape index (κ3) is 3.48. The second kappa shape index (κ2) is 6.51. The zero-order valence-corrected chi connectivity index (χ0v) is 11.5. The Morgan fingerprint density at radius 3 is 2.76 bits per heavy atom. The van der Waals surface area contributed by atoms with Gasteiger partial charge in [-0.2, -0.15) is 0 Å². The fourth-order valence-corrected chi connectivity index (χ4v) is 1.92. The molecule has 0 saturated carbocycles. The first kappa shape index (κ1) is 15.2. The number of ether oxygens (including phenoxy) is 1. The van der Waals surface area contributed by atoms with Gasteiger partial charge < -0.3 is 9.84 Å². The first-order valence-electron chi connectivity index (χ1n) is 5.96. The standard InChI is InChI=1S/C14H11ClFNO4/c15-14-10(2-1-3-11(14)16)8-21-13-6-9(7-18)4-5-12(13)17(19)20/h1-6,18H,7-8H2. The van der Waals surface area contributed by atoms with Crippen LogP contribution in [0.5, 0.6) is 5.75 Å². The topological polar surface area (TPSA) is 72.6 Å². The van der Waals surface area contributed by atoms with Crippen LogP contribution in [0.25, 0.3) is 0 Å². The number of aliphatic hydroxyl groups is 1. The molecule has 5 nitrogen and oxygen atoms in total. The van der Waals surface area contributed by atoms with Gasteiger partial charge in [-0.15, -0.1) is 0 Å². The van der Waals surface area contributed by atoms with E-state index in [1.807, 2.05) is 0 Å². The molecular weight excluding hydrogens is 301 g/mol. The summed E-state index contributed by atoms with van der Waals surface area (Å²) in [4.78, 5) is 10.3. The highest BCUT2D eigenvalue weighted by Gasteiger charge is 2.16. The van der Waals surface area contributed by atoms with Gasteiger partial charge in [-0.25, -0.2) is 4.39 Å². The van der Waals surface area contributed by atoms with Crippen molar-refractivity contribution < 1.29 is 19.2 Å². The fraction of sp³-hybridized carbons (Fsp3) is 0.143. The van der Waals surface area contributed by atoms with Gasteiger partial charge >= 0.3 is 5.69 Å². The molecule has 0 bridgehead atoms. The predicted octanol–water partition coefficient (Wildman–Crippen LogP) is 3.46. The second-order valence-corrected chi connectivity index (χ2v) is 4.60. The summed E-state index contributed by atoms with van der Waals surface area (Å²) in [7, 11) is 0. The number of halogens is 2. The van der Waals surface area contributed by atoms with Crippen molar-refractivity contribution in [3.63, 3.8) is 0 Å². The number of rotatable bonds is 5. The molecule has 0 unspecified atom stereocenters. The van der Waals surface area contributed by atoms with Gasteiger partial charge in [0.05, 0.1) is 16.6 Å². The number of nitro benzene ring substituents is 1. The molecule has 21 heavy (non-hydrogen) atoms. The van der Waals surface area contributed by atoms with Crippen LogP contribution < -0.4 is 4.74 Å². The fourth-order valence-electron chi connectivity index (χ4n) is 1.74. The van der Waals surface area contributed by atoms with Gasteiger partial charge in [-0.05, 0) is 23.8 Å². The van der Waals surface area contributed by atoms with E-state index in [1.54, 1.807) is 6.07 Å². The molecule has 0 aliphatic heterocycles. The summed E-state index contributed by atoms with van der Waals surface area (Å²) in [6, 6.07) is 8.28. The number of aliphatic hydroxyl groups excluding tert-OH is 1. The van der Waals surface area contributed by atoms with Gasteiger partial charge in [-0.1, -0.05) is 23.7 Å². The molecule has 0 aliphatic rings. The molecule has 2 aromatic carbocycles. The first-order chi connectivity index (χ1) is 10.0. The monoisotopic (exact) mass is 311 g/mol. The van der Waals surface area contributed by atoms with E-state index < -0.39 is 10.7 Å². The number of hydrogen-bond acceptors (Lipinski definition) is 4. The molecule has 0 aliphatic carbocycles. The van der Waals surface area contributed by atoms with Crippen LogP contribution in [0.3, 0.4) is 0 Å². The lowest BCUT2D eigenvalue weighted by atomic mass is 10.2. The molecule has 0 heterocycles. The van der Waals surface area contributed by atoms with Crippen LogP contribution >= 0.6 is 11.6 Å². The molecule has 2 aromatic rings. The van der Waals surface area contributed by atoms with E-state index in [2.05, 4.69) is 0 Å². The van der Waals surface area contributed by atoms with Gasteiger partial charge in [0.25, 0.3) is 0 Å². The Morgan fingerprint density at radius 2 is 2.10 bits per heavy atom. The second-order valence-electron chi connectivity index (χ2n) is 4.22. The summed E-state index contributed by atoms with van der Waals surface area (Å²) in [6.07, 6.45) is 0. The van der Waals surface area contributed by atoms with Gasteiger partial charge in [0, 0.05) is 11.6 Å². The van der Waals surface area contributed by atoms with E-state index >= 15 is 0 Å². The van der Waals surface area contributed by atoms with Crippen LogP contribution in [0.1, 0.15) is 11.1 Å². The van der Waals surface area contributed by atoms with Crippen molar-refractivity contribution in [1.29, 1.82) is 0 Å². The van der Waals surface area contributed by atoms with Crippen molar-refractivity contribution in [3.8, 4) is 5.75 Å². The Bertz CT molecular complexity index is 678. The molecule has 0 atom stereocenters. The van der Waals surface area contributed by atoms with E-state index in [0.29, 0.717) is 11.1 Å². The molecule has 1 N–H and O–H groups in total. The molecule has 0 fully saturated rings. The van der Waals surface area contributed by atoms with Gasteiger partial charge in [0.15, 0.2) is 5.75 Å². The molecule has 2 rings (SSSR count). The highest BCUT2D eigenvalue weighted by molar-refractivity contribution is 6.31. The largest absolute Gasteiger partial charge is 0.482 e. The van der Waals surface area contributed by atoms with Gasteiger partial charge in [0.1, 0.15) is 12.4 Å². The highest BCUT2D eigenvalue weighted by atomic mass is 35.5. The highest BCUT2D eigenvalue weighted by Crippen LogP contribution is 2.30. The van der Waals surface area contributed by atoms with Gasteiger partial charge in [0.2, 0.25) is 0 Å². The Kier molecular flexibility index (Phi) is 4.72. The SMILES string of the molecule is O=[N+]([O-])c1ccc(CO)cc1OCc1cccc(F)c1Cl. The van der Waals surface area contributed by atoms with E-state index in [-0.39, 0.29) is 29.7 Å². The summed E-state index contributed by atoms with van der Waals surface area (Å²) in [6.45, 7) is -0.388.